The summed E-state index contributed by atoms with van der Waals surface area (Å²) >= 11 is 6.25. The Bertz CT molecular complexity index is 1020. The number of Topliss-reactive ketones (excluding diaryl/α,β-unsaturated/α-hetero) is 1. The van der Waals surface area contributed by atoms with Gasteiger partial charge in [0.25, 0.3) is 11.7 Å². The predicted octanol–water partition coefficient (Wildman–Crippen LogP) is 2.74. The number of aliphatic hydroxyl groups is 1. The molecular weight excluding hydrogens is 422 g/mol. The number of ketones is 1. The molecule has 164 valence electrons. The van der Waals surface area contributed by atoms with Crippen LogP contribution in [0, 0.1) is 0 Å². The van der Waals surface area contributed by atoms with Crippen molar-refractivity contribution >= 4 is 29.1 Å². The lowest BCUT2D eigenvalue weighted by Gasteiger charge is -2.26. The molecule has 31 heavy (non-hydrogen) atoms. The van der Waals surface area contributed by atoms with Crippen LogP contribution in [0.4, 0.5) is 0 Å². The van der Waals surface area contributed by atoms with Gasteiger partial charge in [-0.3, -0.25) is 14.6 Å². The zero-order valence-corrected chi connectivity index (χ0v) is 18.5. The lowest BCUT2D eigenvalue weighted by Crippen LogP contribution is -2.35. The molecule has 0 spiro atoms. The Morgan fingerprint density at radius 3 is 2.52 bits per heavy atom. The number of methoxy groups -OCH3 is 2. The lowest BCUT2D eigenvalue weighted by molar-refractivity contribution is -0.140. The summed E-state index contributed by atoms with van der Waals surface area (Å²) in [6.45, 7) is 0.843. The summed E-state index contributed by atoms with van der Waals surface area (Å²) in [5.74, 6) is -1.23. The Labute approximate surface area is 185 Å². The molecule has 1 aliphatic heterocycles. The van der Waals surface area contributed by atoms with Crippen molar-refractivity contribution < 1.29 is 24.2 Å². The van der Waals surface area contributed by atoms with Crippen molar-refractivity contribution in [2.75, 3.05) is 41.4 Å². The zero-order valence-electron chi connectivity index (χ0n) is 17.8. The van der Waals surface area contributed by atoms with Gasteiger partial charge in [-0.15, -0.1) is 0 Å². The van der Waals surface area contributed by atoms with Crippen LogP contribution in [0.1, 0.15) is 17.2 Å². The number of nitrogens with zero attached hydrogens (tertiary/aromatic N) is 3. The first-order valence-electron chi connectivity index (χ1n) is 9.55. The van der Waals surface area contributed by atoms with Crippen LogP contribution in [-0.2, 0) is 9.59 Å². The Hall–Kier alpha value is -3.10. The summed E-state index contributed by atoms with van der Waals surface area (Å²) in [5, 5.41) is 11.4. The second kappa shape index (κ2) is 9.36. The van der Waals surface area contributed by atoms with E-state index in [4.69, 9.17) is 21.1 Å². The molecule has 1 N–H and O–H groups in total. The number of carbonyl (C=O) groups is 2. The standard InChI is InChI=1S/C22H24ClN3O5/c1-25(2)8-9-26-19(13-6-5-7-24-12-13)18(21(28)22(26)29)20(27)14-10-15(23)17(31-4)11-16(14)30-3/h5-7,10-12,19,27H,8-9H2,1-4H3/b20-18+. The molecule has 0 aliphatic carbocycles. The van der Waals surface area contributed by atoms with Gasteiger partial charge in [-0.2, -0.15) is 0 Å². The van der Waals surface area contributed by atoms with E-state index in [1.54, 1.807) is 24.5 Å². The number of hydrogen-bond donors (Lipinski definition) is 1. The van der Waals surface area contributed by atoms with Gasteiger partial charge >= 0.3 is 0 Å². The van der Waals surface area contributed by atoms with Gasteiger partial charge in [0.15, 0.2) is 0 Å². The number of ether oxygens (including phenoxy) is 2. The van der Waals surface area contributed by atoms with E-state index in [0.717, 1.165) is 0 Å². The first-order valence-corrected chi connectivity index (χ1v) is 9.92. The molecule has 0 bridgehead atoms. The SMILES string of the molecule is COc1cc(OC)c(/C(O)=C2\C(=O)C(=O)N(CCN(C)C)C2c2cccnc2)cc1Cl. The first kappa shape index (κ1) is 22.6. The number of likely N-dealkylation sites (tertiary alicyclic amines) is 1. The summed E-state index contributed by atoms with van der Waals surface area (Å²) in [6.07, 6.45) is 3.17. The number of benzene rings is 1. The molecule has 1 aromatic heterocycles. The monoisotopic (exact) mass is 445 g/mol. The molecule has 1 unspecified atom stereocenters. The summed E-state index contributed by atoms with van der Waals surface area (Å²) in [4.78, 5) is 33.4. The minimum atomic E-state index is -0.792. The number of halogens is 1. The van der Waals surface area contributed by atoms with Crippen molar-refractivity contribution in [2.45, 2.75) is 6.04 Å². The third-order valence-corrected chi connectivity index (χ3v) is 5.35. The summed E-state index contributed by atoms with van der Waals surface area (Å²) in [6, 6.07) is 5.64. The predicted molar refractivity (Wildman–Crippen MR) is 116 cm³/mol. The Kier molecular flexibility index (Phi) is 6.82. The van der Waals surface area contributed by atoms with Gasteiger partial charge in [0.05, 0.1) is 36.4 Å². The van der Waals surface area contributed by atoms with Gasteiger partial charge in [-0.05, 0) is 31.8 Å². The molecule has 0 saturated carbocycles. The highest BCUT2D eigenvalue weighted by molar-refractivity contribution is 6.46. The molecule has 0 radical (unpaired) electrons. The summed E-state index contributed by atoms with van der Waals surface area (Å²) in [7, 11) is 6.63. The highest BCUT2D eigenvalue weighted by atomic mass is 35.5. The molecule has 1 saturated heterocycles. The normalized spacial score (nSPS) is 18.0. The highest BCUT2D eigenvalue weighted by Gasteiger charge is 2.46. The third kappa shape index (κ3) is 4.35. The van der Waals surface area contributed by atoms with E-state index < -0.39 is 17.7 Å². The lowest BCUT2D eigenvalue weighted by atomic mass is 9.96. The fourth-order valence-corrected chi connectivity index (χ4v) is 3.73. The molecule has 1 atom stereocenters. The molecule has 1 fully saturated rings. The molecule has 2 heterocycles. The molecular formula is C22H24ClN3O5. The van der Waals surface area contributed by atoms with Crippen molar-refractivity contribution in [3.8, 4) is 11.5 Å². The molecule has 1 aromatic carbocycles. The van der Waals surface area contributed by atoms with Gasteiger partial charge < -0.3 is 24.4 Å². The zero-order chi connectivity index (χ0) is 22.7. The van der Waals surface area contributed by atoms with Gasteiger partial charge in [0.2, 0.25) is 0 Å². The van der Waals surface area contributed by atoms with Crippen LogP contribution < -0.4 is 9.47 Å². The Morgan fingerprint density at radius 2 is 1.94 bits per heavy atom. The molecule has 1 amide bonds. The number of rotatable bonds is 7. The molecule has 2 aromatic rings. The number of aliphatic hydroxyl groups excluding tert-OH is 1. The van der Waals surface area contributed by atoms with Crippen LogP contribution in [0.5, 0.6) is 11.5 Å². The quantitative estimate of drug-likeness (QED) is 0.398. The largest absolute Gasteiger partial charge is 0.507 e. The van der Waals surface area contributed by atoms with Crippen LogP contribution in [0.2, 0.25) is 5.02 Å². The van der Waals surface area contributed by atoms with Crippen LogP contribution >= 0.6 is 11.6 Å². The molecule has 1 aliphatic rings. The number of aromatic nitrogens is 1. The topological polar surface area (TPSA) is 92.2 Å². The van der Waals surface area contributed by atoms with E-state index >= 15 is 0 Å². The number of pyridine rings is 1. The van der Waals surface area contributed by atoms with E-state index in [-0.39, 0.29) is 27.7 Å². The smallest absolute Gasteiger partial charge is 0.295 e. The van der Waals surface area contributed by atoms with Crippen molar-refractivity contribution in [2.24, 2.45) is 0 Å². The Balaban J connectivity index is 2.21. The van der Waals surface area contributed by atoms with E-state index in [0.29, 0.717) is 24.4 Å². The molecule has 9 heteroatoms. The summed E-state index contributed by atoms with van der Waals surface area (Å²) < 4.78 is 10.6. The number of likely N-dealkylation sites (N-methyl/N-ethyl adjacent to an activating group) is 1. The van der Waals surface area contributed by atoms with Crippen LogP contribution in [-0.4, -0.2) is 73.0 Å². The Morgan fingerprint density at radius 1 is 1.23 bits per heavy atom. The minimum absolute atomic E-state index is 0.0451. The second-order valence-electron chi connectivity index (χ2n) is 7.27. The fraction of sp³-hybridized carbons (Fsp3) is 0.318. The summed E-state index contributed by atoms with van der Waals surface area (Å²) in [5.41, 5.74) is 0.754. The van der Waals surface area contributed by atoms with Crippen LogP contribution in [0.25, 0.3) is 5.76 Å². The van der Waals surface area contributed by atoms with Gasteiger partial charge in [-0.1, -0.05) is 17.7 Å². The van der Waals surface area contributed by atoms with Crippen molar-refractivity contribution in [1.29, 1.82) is 0 Å². The van der Waals surface area contributed by atoms with Gasteiger partial charge in [-0.25, -0.2) is 0 Å². The van der Waals surface area contributed by atoms with Crippen LogP contribution in [0.3, 0.4) is 0 Å². The van der Waals surface area contributed by atoms with E-state index in [1.807, 2.05) is 19.0 Å². The van der Waals surface area contributed by atoms with Gasteiger partial charge in [0.1, 0.15) is 17.3 Å². The maximum absolute atomic E-state index is 13.0. The average Bonchev–Trinajstić information content (AvgIpc) is 3.02. The number of amides is 1. The fourth-order valence-electron chi connectivity index (χ4n) is 3.49. The average molecular weight is 446 g/mol. The third-order valence-electron chi connectivity index (χ3n) is 5.06. The van der Waals surface area contributed by atoms with E-state index in [1.165, 1.54) is 31.3 Å². The van der Waals surface area contributed by atoms with Crippen molar-refractivity contribution in [3.05, 3.63) is 58.4 Å². The maximum atomic E-state index is 13.0. The minimum Gasteiger partial charge on any atom is -0.507 e. The van der Waals surface area contributed by atoms with Gasteiger partial charge in [0, 0.05) is 31.5 Å². The highest BCUT2D eigenvalue weighted by Crippen LogP contribution is 2.42. The first-order chi connectivity index (χ1) is 14.8. The second-order valence-corrected chi connectivity index (χ2v) is 7.68. The molecule has 3 rings (SSSR count). The van der Waals surface area contributed by atoms with Crippen molar-refractivity contribution in [1.82, 2.24) is 14.8 Å². The van der Waals surface area contributed by atoms with E-state index in [2.05, 4.69) is 4.98 Å². The number of hydrogen-bond acceptors (Lipinski definition) is 7. The van der Waals surface area contributed by atoms with Crippen molar-refractivity contribution in [3.63, 3.8) is 0 Å². The van der Waals surface area contributed by atoms with Crippen LogP contribution in [0.15, 0.2) is 42.2 Å². The maximum Gasteiger partial charge on any atom is 0.295 e. The van der Waals surface area contributed by atoms with E-state index in [9.17, 15) is 14.7 Å². The number of carbonyl (C=O) groups excluding carboxylic acids is 2. The molecule has 8 nitrogen and oxygen atoms in total.